The summed E-state index contributed by atoms with van der Waals surface area (Å²) in [5, 5.41) is 17.5. The number of carboxylic acids is 1. The Bertz CT molecular complexity index is 251. The molecule has 1 aliphatic rings. The summed E-state index contributed by atoms with van der Waals surface area (Å²) >= 11 is 0. The largest absolute Gasteiger partial charge is 0.481 e. The zero-order valence-electron chi connectivity index (χ0n) is 9.22. The van der Waals surface area contributed by atoms with Crippen molar-refractivity contribution in [3.05, 3.63) is 0 Å². The molecular weight excluding hydrogens is 212 g/mol. The van der Waals surface area contributed by atoms with Crippen molar-refractivity contribution in [3.8, 4) is 0 Å². The third kappa shape index (κ3) is 3.48. The van der Waals surface area contributed by atoms with Crippen LogP contribution in [0.1, 0.15) is 32.1 Å². The van der Waals surface area contributed by atoms with Crippen molar-refractivity contribution < 1.29 is 24.5 Å². The van der Waals surface area contributed by atoms with Crippen LogP contribution < -0.4 is 0 Å². The topological polar surface area (TPSA) is 83.8 Å². The second-order valence-corrected chi connectivity index (χ2v) is 4.08. The number of rotatable bonds is 5. The summed E-state index contributed by atoms with van der Waals surface area (Å²) in [4.78, 5) is 22.6. The van der Waals surface area contributed by atoms with Crippen molar-refractivity contribution in [2.75, 3.05) is 13.2 Å². The SMILES string of the molecule is O=C(O)C1CCCCC1C(=O)OCCCO. The highest BCUT2D eigenvalue weighted by Gasteiger charge is 2.36. The van der Waals surface area contributed by atoms with Crippen molar-refractivity contribution in [2.45, 2.75) is 32.1 Å². The summed E-state index contributed by atoms with van der Waals surface area (Å²) in [6.45, 7) is 0.137. The van der Waals surface area contributed by atoms with Crippen molar-refractivity contribution in [3.63, 3.8) is 0 Å². The molecule has 0 amide bonds. The lowest BCUT2D eigenvalue weighted by atomic mass is 9.79. The molecule has 1 saturated carbocycles. The fraction of sp³-hybridized carbons (Fsp3) is 0.818. The smallest absolute Gasteiger partial charge is 0.309 e. The van der Waals surface area contributed by atoms with Crippen molar-refractivity contribution in [2.24, 2.45) is 11.8 Å². The van der Waals surface area contributed by atoms with Gasteiger partial charge in [0, 0.05) is 13.0 Å². The molecule has 2 atom stereocenters. The summed E-state index contributed by atoms with van der Waals surface area (Å²) < 4.78 is 4.94. The van der Waals surface area contributed by atoms with Gasteiger partial charge in [-0.05, 0) is 12.8 Å². The Kier molecular flexibility index (Phi) is 5.25. The molecule has 2 N–H and O–H groups in total. The molecule has 0 aromatic rings. The monoisotopic (exact) mass is 230 g/mol. The van der Waals surface area contributed by atoms with Gasteiger partial charge in [-0.15, -0.1) is 0 Å². The average molecular weight is 230 g/mol. The van der Waals surface area contributed by atoms with Gasteiger partial charge in [-0.3, -0.25) is 9.59 Å². The summed E-state index contributed by atoms with van der Waals surface area (Å²) in [6, 6.07) is 0. The van der Waals surface area contributed by atoms with Gasteiger partial charge >= 0.3 is 11.9 Å². The highest BCUT2D eigenvalue weighted by Crippen LogP contribution is 2.31. The van der Waals surface area contributed by atoms with Crippen LogP contribution in [-0.4, -0.2) is 35.4 Å². The second-order valence-electron chi connectivity index (χ2n) is 4.08. The molecule has 2 unspecified atom stereocenters. The van der Waals surface area contributed by atoms with Crippen LogP contribution in [0.2, 0.25) is 0 Å². The third-order valence-corrected chi connectivity index (χ3v) is 2.93. The molecule has 0 spiro atoms. The van der Waals surface area contributed by atoms with Gasteiger partial charge in [0.2, 0.25) is 0 Å². The molecule has 1 fully saturated rings. The number of carboxylic acid groups (broad SMARTS) is 1. The molecule has 5 nitrogen and oxygen atoms in total. The summed E-state index contributed by atoms with van der Waals surface area (Å²) in [7, 11) is 0. The Morgan fingerprint density at radius 1 is 1.19 bits per heavy atom. The number of hydrogen-bond donors (Lipinski definition) is 2. The normalized spacial score (nSPS) is 25.1. The molecule has 0 heterocycles. The van der Waals surface area contributed by atoms with Crippen molar-refractivity contribution in [1.82, 2.24) is 0 Å². The Balaban J connectivity index is 2.47. The molecule has 5 heteroatoms. The first-order valence-electron chi connectivity index (χ1n) is 5.67. The Morgan fingerprint density at radius 2 is 1.81 bits per heavy atom. The summed E-state index contributed by atoms with van der Waals surface area (Å²) in [5.41, 5.74) is 0. The van der Waals surface area contributed by atoms with Crippen LogP contribution in [0, 0.1) is 11.8 Å². The number of carbonyl (C=O) groups is 2. The molecule has 0 aromatic carbocycles. The van der Waals surface area contributed by atoms with E-state index in [-0.39, 0.29) is 13.2 Å². The standard InChI is InChI=1S/C11H18O5/c12-6-3-7-16-11(15)9-5-2-1-4-8(9)10(13)14/h8-9,12H,1-7H2,(H,13,14). The zero-order valence-corrected chi connectivity index (χ0v) is 9.22. The highest BCUT2D eigenvalue weighted by atomic mass is 16.5. The van der Waals surface area contributed by atoms with Gasteiger partial charge in [-0.25, -0.2) is 0 Å². The van der Waals surface area contributed by atoms with Gasteiger partial charge < -0.3 is 14.9 Å². The zero-order chi connectivity index (χ0) is 12.0. The number of esters is 1. The van der Waals surface area contributed by atoms with Crippen LogP contribution in [0.5, 0.6) is 0 Å². The molecule has 0 saturated heterocycles. The van der Waals surface area contributed by atoms with Crippen LogP contribution in [-0.2, 0) is 14.3 Å². The van der Waals surface area contributed by atoms with Gasteiger partial charge in [0.1, 0.15) is 0 Å². The molecule has 1 aliphatic carbocycles. The first-order valence-corrected chi connectivity index (χ1v) is 5.67. The van der Waals surface area contributed by atoms with Gasteiger partial charge in [-0.1, -0.05) is 12.8 Å². The minimum atomic E-state index is -0.913. The lowest BCUT2D eigenvalue weighted by Crippen LogP contribution is -2.34. The first kappa shape index (κ1) is 13.0. The molecule has 16 heavy (non-hydrogen) atoms. The van der Waals surface area contributed by atoms with Crippen LogP contribution in [0.15, 0.2) is 0 Å². The first-order chi connectivity index (χ1) is 7.66. The molecule has 1 rings (SSSR count). The number of aliphatic hydroxyl groups excluding tert-OH is 1. The van der Waals surface area contributed by atoms with Gasteiger partial charge in [0.15, 0.2) is 0 Å². The third-order valence-electron chi connectivity index (χ3n) is 2.93. The second kappa shape index (κ2) is 6.48. The molecule has 0 radical (unpaired) electrons. The van der Waals surface area contributed by atoms with E-state index in [1.54, 1.807) is 0 Å². The van der Waals surface area contributed by atoms with Crippen molar-refractivity contribution in [1.29, 1.82) is 0 Å². The molecule has 0 aliphatic heterocycles. The van der Waals surface area contributed by atoms with E-state index in [0.29, 0.717) is 19.3 Å². The van der Waals surface area contributed by atoms with E-state index in [4.69, 9.17) is 14.9 Å². The van der Waals surface area contributed by atoms with Crippen LogP contribution in [0.25, 0.3) is 0 Å². The number of carbonyl (C=O) groups excluding carboxylic acids is 1. The van der Waals surface area contributed by atoms with E-state index in [1.807, 2.05) is 0 Å². The van der Waals surface area contributed by atoms with E-state index in [0.717, 1.165) is 12.8 Å². The van der Waals surface area contributed by atoms with E-state index < -0.39 is 23.8 Å². The molecular formula is C11H18O5. The fourth-order valence-electron chi connectivity index (χ4n) is 2.05. The number of aliphatic hydroxyl groups is 1. The summed E-state index contributed by atoms with van der Waals surface area (Å²) in [5.74, 6) is -2.45. The fourth-order valence-corrected chi connectivity index (χ4v) is 2.05. The minimum Gasteiger partial charge on any atom is -0.481 e. The predicted octanol–water partition coefficient (Wildman–Crippen LogP) is 0.803. The van der Waals surface area contributed by atoms with Gasteiger partial charge in [0.05, 0.1) is 18.4 Å². The highest BCUT2D eigenvalue weighted by molar-refractivity contribution is 5.81. The minimum absolute atomic E-state index is 0.0275. The Labute approximate surface area is 94.4 Å². The van der Waals surface area contributed by atoms with Gasteiger partial charge in [0.25, 0.3) is 0 Å². The number of ether oxygens (including phenoxy) is 1. The summed E-state index contributed by atoms with van der Waals surface area (Å²) in [6.07, 6.45) is 3.28. The van der Waals surface area contributed by atoms with Gasteiger partial charge in [-0.2, -0.15) is 0 Å². The quantitative estimate of drug-likeness (QED) is 0.539. The van der Waals surface area contributed by atoms with E-state index in [2.05, 4.69) is 0 Å². The number of aliphatic carboxylic acids is 1. The molecule has 92 valence electrons. The lowest BCUT2D eigenvalue weighted by molar-refractivity contribution is -0.159. The molecule has 0 aromatic heterocycles. The van der Waals surface area contributed by atoms with Crippen LogP contribution >= 0.6 is 0 Å². The van der Waals surface area contributed by atoms with Crippen LogP contribution in [0.3, 0.4) is 0 Å². The van der Waals surface area contributed by atoms with E-state index in [1.165, 1.54) is 0 Å². The maximum absolute atomic E-state index is 11.6. The Morgan fingerprint density at radius 3 is 2.38 bits per heavy atom. The average Bonchev–Trinajstić information content (AvgIpc) is 2.29. The maximum Gasteiger partial charge on any atom is 0.309 e. The maximum atomic E-state index is 11.6. The lowest BCUT2D eigenvalue weighted by Gasteiger charge is -2.26. The number of hydrogen-bond acceptors (Lipinski definition) is 4. The van der Waals surface area contributed by atoms with Crippen LogP contribution in [0.4, 0.5) is 0 Å². The van der Waals surface area contributed by atoms with Crippen molar-refractivity contribution >= 4 is 11.9 Å². The van der Waals surface area contributed by atoms with E-state index >= 15 is 0 Å². The Hall–Kier alpha value is -1.10. The van der Waals surface area contributed by atoms with E-state index in [9.17, 15) is 9.59 Å². The molecule has 0 bridgehead atoms. The predicted molar refractivity (Wildman–Crippen MR) is 55.7 cm³/mol.